The Labute approximate surface area is 122 Å². The summed E-state index contributed by atoms with van der Waals surface area (Å²) < 4.78 is 6.62. The number of ether oxygens (including phenoxy) is 1. The Bertz CT molecular complexity index is 569. The van der Waals surface area contributed by atoms with Gasteiger partial charge in [-0.3, -0.25) is 0 Å². The lowest BCUT2D eigenvalue weighted by atomic mass is 9.89. The van der Waals surface area contributed by atoms with Crippen molar-refractivity contribution in [3.05, 3.63) is 51.2 Å². The SMILES string of the molecule is NC(Cc1ccc(Cl)s1)C1COc2ccccc2C1. The summed E-state index contributed by atoms with van der Waals surface area (Å²) in [5.74, 6) is 1.38. The van der Waals surface area contributed by atoms with Gasteiger partial charge in [-0.25, -0.2) is 0 Å². The number of hydrogen-bond donors (Lipinski definition) is 1. The molecule has 0 amide bonds. The molecule has 0 bridgehead atoms. The number of rotatable bonds is 3. The van der Waals surface area contributed by atoms with Gasteiger partial charge in [-0.2, -0.15) is 0 Å². The van der Waals surface area contributed by atoms with Crippen molar-refractivity contribution in [3.8, 4) is 5.75 Å². The quantitative estimate of drug-likeness (QED) is 0.940. The lowest BCUT2D eigenvalue weighted by molar-refractivity contribution is 0.199. The van der Waals surface area contributed by atoms with Gasteiger partial charge in [0.1, 0.15) is 5.75 Å². The van der Waals surface area contributed by atoms with Crippen LogP contribution in [0.3, 0.4) is 0 Å². The average Bonchev–Trinajstić information content (AvgIpc) is 2.83. The third kappa shape index (κ3) is 2.94. The monoisotopic (exact) mass is 293 g/mol. The molecule has 1 aliphatic heterocycles. The van der Waals surface area contributed by atoms with Gasteiger partial charge in [0.15, 0.2) is 0 Å². The molecule has 19 heavy (non-hydrogen) atoms. The smallest absolute Gasteiger partial charge is 0.122 e. The van der Waals surface area contributed by atoms with Crippen LogP contribution < -0.4 is 10.5 Å². The van der Waals surface area contributed by atoms with Gasteiger partial charge in [0.2, 0.25) is 0 Å². The Morgan fingerprint density at radius 2 is 2.16 bits per heavy atom. The molecule has 0 aliphatic carbocycles. The number of hydrogen-bond acceptors (Lipinski definition) is 3. The normalized spacial score (nSPS) is 19.6. The van der Waals surface area contributed by atoms with E-state index >= 15 is 0 Å². The third-order valence-corrected chi connectivity index (χ3v) is 4.83. The highest BCUT2D eigenvalue weighted by molar-refractivity contribution is 7.16. The molecular weight excluding hydrogens is 278 g/mol. The second kappa shape index (κ2) is 5.53. The number of nitrogens with two attached hydrogens (primary N) is 1. The minimum Gasteiger partial charge on any atom is -0.493 e. The molecule has 4 heteroatoms. The van der Waals surface area contributed by atoms with Gasteiger partial charge in [-0.1, -0.05) is 29.8 Å². The van der Waals surface area contributed by atoms with Gasteiger partial charge < -0.3 is 10.5 Å². The highest BCUT2D eigenvalue weighted by atomic mass is 35.5. The topological polar surface area (TPSA) is 35.2 Å². The van der Waals surface area contributed by atoms with Crippen LogP contribution in [0.1, 0.15) is 10.4 Å². The zero-order chi connectivity index (χ0) is 13.2. The third-order valence-electron chi connectivity index (χ3n) is 3.58. The van der Waals surface area contributed by atoms with E-state index in [0.29, 0.717) is 12.5 Å². The lowest BCUT2D eigenvalue weighted by Crippen LogP contribution is -2.39. The van der Waals surface area contributed by atoms with E-state index in [4.69, 9.17) is 22.1 Å². The van der Waals surface area contributed by atoms with E-state index in [0.717, 1.165) is 22.9 Å². The lowest BCUT2D eigenvalue weighted by Gasteiger charge is -2.29. The summed E-state index contributed by atoms with van der Waals surface area (Å²) in [7, 11) is 0. The number of thiophene rings is 1. The molecule has 2 nitrogen and oxygen atoms in total. The van der Waals surface area contributed by atoms with Crippen molar-refractivity contribution in [1.29, 1.82) is 0 Å². The van der Waals surface area contributed by atoms with E-state index in [1.54, 1.807) is 11.3 Å². The molecular formula is C15H16ClNOS. The molecule has 0 saturated heterocycles. The fourth-order valence-electron chi connectivity index (χ4n) is 2.49. The maximum atomic E-state index is 6.33. The van der Waals surface area contributed by atoms with Gasteiger partial charge in [0.05, 0.1) is 10.9 Å². The van der Waals surface area contributed by atoms with Crippen LogP contribution in [0.4, 0.5) is 0 Å². The summed E-state index contributed by atoms with van der Waals surface area (Å²) in [4.78, 5) is 1.25. The maximum Gasteiger partial charge on any atom is 0.122 e. The van der Waals surface area contributed by atoms with E-state index in [2.05, 4.69) is 18.2 Å². The van der Waals surface area contributed by atoms with Crippen LogP contribution in [0.5, 0.6) is 5.75 Å². The molecule has 0 spiro atoms. The van der Waals surface area contributed by atoms with Crippen molar-refractivity contribution >= 4 is 22.9 Å². The van der Waals surface area contributed by atoms with Crippen LogP contribution in [0.15, 0.2) is 36.4 Å². The number of fused-ring (bicyclic) bond motifs is 1. The molecule has 2 atom stereocenters. The Balaban J connectivity index is 1.67. The van der Waals surface area contributed by atoms with Crippen molar-refractivity contribution < 1.29 is 4.74 Å². The Morgan fingerprint density at radius 3 is 2.95 bits per heavy atom. The molecule has 2 N–H and O–H groups in total. The average molecular weight is 294 g/mol. The zero-order valence-electron chi connectivity index (χ0n) is 10.5. The van der Waals surface area contributed by atoms with Crippen molar-refractivity contribution in [2.45, 2.75) is 18.9 Å². The van der Waals surface area contributed by atoms with E-state index in [9.17, 15) is 0 Å². The standard InChI is InChI=1S/C15H16ClNOS/c16-15-6-5-12(19-15)8-13(17)11-7-10-3-1-2-4-14(10)18-9-11/h1-6,11,13H,7-9,17H2. The minimum absolute atomic E-state index is 0.114. The van der Waals surface area contributed by atoms with Crippen LogP contribution in [0.25, 0.3) is 0 Å². The number of halogens is 1. The second-order valence-electron chi connectivity index (χ2n) is 4.96. The van der Waals surface area contributed by atoms with Crippen LogP contribution in [0, 0.1) is 5.92 Å². The Hall–Kier alpha value is -1.03. The van der Waals surface area contributed by atoms with Crippen LogP contribution in [-0.4, -0.2) is 12.6 Å². The van der Waals surface area contributed by atoms with E-state index in [-0.39, 0.29) is 6.04 Å². The van der Waals surface area contributed by atoms with Gasteiger partial charge in [0, 0.05) is 16.8 Å². The van der Waals surface area contributed by atoms with Gasteiger partial charge in [-0.15, -0.1) is 11.3 Å². The van der Waals surface area contributed by atoms with Crippen LogP contribution in [0.2, 0.25) is 4.34 Å². The summed E-state index contributed by atoms with van der Waals surface area (Å²) in [5, 5.41) is 0. The number of para-hydroxylation sites is 1. The first-order valence-electron chi connectivity index (χ1n) is 6.43. The summed E-state index contributed by atoms with van der Waals surface area (Å²) in [6.07, 6.45) is 1.87. The van der Waals surface area contributed by atoms with Gasteiger partial charge in [-0.05, 0) is 36.6 Å². The summed E-state index contributed by atoms with van der Waals surface area (Å²) in [6.45, 7) is 0.706. The summed E-state index contributed by atoms with van der Waals surface area (Å²) in [5.41, 5.74) is 7.59. The predicted molar refractivity (Wildman–Crippen MR) is 80.1 cm³/mol. The molecule has 2 heterocycles. The minimum atomic E-state index is 0.114. The summed E-state index contributed by atoms with van der Waals surface area (Å²) >= 11 is 7.56. The fourth-order valence-corrected chi connectivity index (χ4v) is 3.65. The highest BCUT2D eigenvalue weighted by Gasteiger charge is 2.25. The molecule has 100 valence electrons. The first-order valence-corrected chi connectivity index (χ1v) is 7.62. The Morgan fingerprint density at radius 1 is 1.32 bits per heavy atom. The van der Waals surface area contributed by atoms with Crippen molar-refractivity contribution in [2.75, 3.05) is 6.61 Å². The largest absolute Gasteiger partial charge is 0.493 e. The molecule has 1 aromatic heterocycles. The van der Waals surface area contributed by atoms with Crippen molar-refractivity contribution in [3.63, 3.8) is 0 Å². The van der Waals surface area contributed by atoms with Crippen molar-refractivity contribution in [2.24, 2.45) is 11.7 Å². The molecule has 3 rings (SSSR count). The first-order chi connectivity index (χ1) is 9.22. The molecule has 1 aromatic carbocycles. The van der Waals surface area contributed by atoms with E-state index < -0.39 is 0 Å². The van der Waals surface area contributed by atoms with Crippen LogP contribution >= 0.6 is 22.9 Å². The van der Waals surface area contributed by atoms with Gasteiger partial charge in [0.25, 0.3) is 0 Å². The van der Waals surface area contributed by atoms with Crippen molar-refractivity contribution in [1.82, 2.24) is 0 Å². The molecule has 2 unspecified atom stereocenters. The summed E-state index contributed by atoms with van der Waals surface area (Å²) in [6, 6.07) is 12.3. The zero-order valence-corrected chi connectivity index (χ0v) is 12.1. The molecule has 0 radical (unpaired) electrons. The fraction of sp³-hybridized carbons (Fsp3) is 0.333. The Kier molecular flexibility index (Phi) is 3.78. The highest BCUT2D eigenvalue weighted by Crippen LogP contribution is 2.30. The molecule has 0 fully saturated rings. The maximum absolute atomic E-state index is 6.33. The molecule has 2 aromatic rings. The predicted octanol–water partition coefficient (Wildman–Crippen LogP) is 3.52. The van der Waals surface area contributed by atoms with E-state index in [1.165, 1.54) is 10.4 Å². The van der Waals surface area contributed by atoms with E-state index in [1.807, 2.05) is 18.2 Å². The number of benzene rings is 1. The second-order valence-corrected chi connectivity index (χ2v) is 6.76. The van der Waals surface area contributed by atoms with Crippen LogP contribution in [-0.2, 0) is 12.8 Å². The molecule has 0 saturated carbocycles. The van der Waals surface area contributed by atoms with Gasteiger partial charge >= 0.3 is 0 Å². The molecule has 1 aliphatic rings. The first kappa shape index (κ1) is 13.0.